The van der Waals surface area contributed by atoms with Crippen molar-refractivity contribution in [3.05, 3.63) is 76.3 Å². The molecule has 2 aromatic heterocycles. The first kappa shape index (κ1) is 26.8. The predicted octanol–water partition coefficient (Wildman–Crippen LogP) is 4.05. The van der Waals surface area contributed by atoms with Gasteiger partial charge in [-0.25, -0.2) is 9.78 Å². The summed E-state index contributed by atoms with van der Waals surface area (Å²) in [5, 5.41) is 14.4. The van der Waals surface area contributed by atoms with Crippen LogP contribution in [0.15, 0.2) is 53.9 Å². The lowest BCUT2D eigenvalue weighted by molar-refractivity contribution is 0.0600. The average molecular weight is 535 g/mol. The van der Waals surface area contributed by atoms with E-state index in [1.165, 1.54) is 32.4 Å². The molecule has 0 bridgehead atoms. The van der Waals surface area contributed by atoms with Gasteiger partial charge in [0.15, 0.2) is 17.3 Å². The van der Waals surface area contributed by atoms with E-state index in [-0.39, 0.29) is 36.6 Å². The van der Waals surface area contributed by atoms with Gasteiger partial charge in [0.1, 0.15) is 12.3 Å². The van der Waals surface area contributed by atoms with Crippen LogP contribution in [0.5, 0.6) is 11.5 Å². The molecular formula is C28H26N2O7S. The van der Waals surface area contributed by atoms with Crippen LogP contribution in [0.2, 0.25) is 0 Å². The lowest BCUT2D eigenvalue weighted by Gasteiger charge is -2.12. The molecule has 2 heterocycles. The van der Waals surface area contributed by atoms with Crippen molar-refractivity contribution in [2.24, 2.45) is 0 Å². The molecule has 196 valence electrons. The van der Waals surface area contributed by atoms with Crippen molar-refractivity contribution in [1.82, 2.24) is 10.3 Å². The number of esters is 1. The summed E-state index contributed by atoms with van der Waals surface area (Å²) in [5.74, 6) is -0.891. The molecule has 0 aliphatic rings. The number of amides is 1. The van der Waals surface area contributed by atoms with Gasteiger partial charge in [-0.3, -0.25) is 9.59 Å². The molecule has 0 unspecified atom stereocenters. The maximum absolute atomic E-state index is 13.1. The van der Waals surface area contributed by atoms with Gasteiger partial charge in [0.2, 0.25) is 0 Å². The van der Waals surface area contributed by atoms with Crippen LogP contribution < -0.4 is 14.8 Å². The Balaban J connectivity index is 1.58. The Bertz CT molecular complexity index is 1510. The number of hydrogen-bond donors (Lipinski definition) is 2. The molecule has 4 rings (SSSR count). The Kier molecular flexibility index (Phi) is 8.35. The second-order valence-electron chi connectivity index (χ2n) is 8.26. The van der Waals surface area contributed by atoms with Crippen molar-refractivity contribution in [3.63, 3.8) is 0 Å². The number of aliphatic hydroxyl groups is 1. The molecule has 2 aromatic carbocycles. The van der Waals surface area contributed by atoms with E-state index < -0.39 is 17.7 Å². The summed E-state index contributed by atoms with van der Waals surface area (Å²) in [6.45, 7) is 1.59. The van der Waals surface area contributed by atoms with Crippen molar-refractivity contribution in [2.45, 2.75) is 6.92 Å². The topological polar surface area (TPSA) is 124 Å². The summed E-state index contributed by atoms with van der Waals surface area (Å²) < 4.78 is 16.6. The minimum Gasteiger partial charge on any atom is -0.493 e. The van der Waals surface area contributed by atoms with E-state index in [4.69, 9.17) is 19.3 Å². The Labute approximate surface area is 223 Å². The van der Waals surface area contributed by atoms with E-state index >= 15 is 0 Å². The molecule has 0 atom stereocenters. The zero-order valence-electron chi connectivity index (χ0n) is 21.1. The highest BCUT2D eigenvalue weighted by molar-refractivity contribution is 7.18. The Hall–Kier alpha value is -4.28. The molecular weight excluding hydrogens is 508 g/mol. The number of aliphatic hydroxyl groups excluding tert-OH is 1. The van der Waals surface area contributed by atoms with E-state index in [1.807, 2.05) is 30.5 Å². The second kappa shape index (κ2) is 11.8. The van der Waals surface area contributed by atoms with Crippen molar-refractivity contribution in [3.8, 4) is 22.8 Å². The molecule has 0 radical (unpaired) electrons. The summed E-state index contributed by atoms with van der Waals surface area (Å²) in [5.41, 5.74) is 2.84. The third kappa shape index (κ3) is 5.66. The van der Waals surface area contributed by atoms with Crippen LogP contribution in [0.25, 0.3) is 21.3 Å². The smallest absolute Gasteiger partial charge is 0.338 e. The number of aryl methyl sites for hydroxylation is 1. The van der Waals surface area contributed by atoms with Gasteiger partial charge in [0.05, 0.1) is 38.6 Å². The zero-order chi connectivity index (χ0) is 27.2. The Morgan fingerprint density at radius 1 is 1.03 bits per heavy atom. The summed E-state index contributed by atoms with van der Waals surface area (Å²) in [6, 6.07) is 13.4. The normalized spacial score (nSPS) is 10.7. The molecule has 4 aromatic rings. The quantitative estimate of drug-likeness (QED) is 0.231. The molecule has 0 saturated heterocycles. The number of ether oxygens (including phenoxy) is 3. The number of carbonyl (C=O) groups is 3. The number of hydrogen-bond acceptors (Lipinski definition) is 9. The SMILES string of the molecule is COC(=O)c1cc(C(=O)CNC(=O)c2ccc(OCCO)c(OC)c2)nc(-c2csc3c(C)cccc23)c1. The van der Waals surface area contributed by atoms with E-state index in [9.17, 15) is 14.4 Å². The molecule has 38 heavy (non-hydrogen) atoms. The number of ketones is 1. The second-order valence-corrected chi connectivity index (χ2v) is 9.14. The van der Waals surface area contributed by atoms with Crippen molar-refractivity contribution >= 4 is 39.1 Å². The number of aromatic nitrogens is 1. The van der Waals surface area contributed by atoms with Crippen LogP contribution in [-0.2, 0) is 4.74 Å². The number of nitrogens with zero attached hydrogens (tertiary/aromatic N) is 1. The van der Waals surface area contributed by atoms with Crippen LogP contribution in [0, 0.1) is 6.92 Å². The summed E-state index contributed by atoms with van der Waals surface area (Å²) in [7, 11) is 2.70. The number of carbonyl (C=O) groups excluding carboxylic acids is 3. The largest absolute Gasteiger partial charge is 0.493 e. The van der Waals surface area contributed by atoms with Gasteiger partial charge in [-0.15, -0.1) is 11.3 Å². The fourth-order valence-electron chi connectivity index (χ4n) is 3.88. The highest BCUT2D eigenvalue weighted by Crippen LogP contribution is 2.35. The standard InChI is InChI=1S/C28H26N2O7S/c1-16-5-4-6-19-20(15-38-26(16)19)21-11-18(28(34)36-3)12-22(30-21)23(32)14-29-27(33)17-7-8-24(37-10-9-31)25(13-17)35-2/h4-8,11-13,15,31H,9-10,14H2,1-3H3,(H,29,33). The third-order valence-corrected chi connectivity index (χ3v) is 6.92. The van der Waals surface area contributed by atoms with Crippen LogP contribution in [0.4, 0.5) is 0 Å². The lowest BCUT2D eigenvalue weighted by Crippen LogP contribution is -2.30. The molecule has 10 heteroatoms. The van der Waals surface area contributed by atoms with Gasteiger partial charge in [-0.1, -0.05) is 18.2 Å². The number of fused-ring (bicyclic) bond motifs is 1. The molecule has 0 fully saturated rings. The first-order valence-corrected chi connectivity index (χ1v) is 12.5. The number of methoxy groups -OCH3 is 2. The first-order valence-electron chi connectivity index (χ1n) is 11.7. The van der Waals surface area contributed by atoms with E-state index in [0.29, 0.717) is 17.2 Å². The summed E-state index contributed by atoms with van der Waals surface area (Å²) in [4.78, 5) is 42.7. The minimum atomic E-state index is -0.599. The van der Waals surface area contributed by atoms with Crippen LogP contribution >= 0.6 is 11.3 Å². The maximum atomic E-state index is 13.1. The highest BCUT2D eigenvalue weighted by atomic mass is 32.1. The van der Waals surface area contributed by atoms with Crippen molar-refractivity contribution in [1.29, 1.82) is 0 Å². The molecule has 0 saturated carbocycles. The van der Waals surface area contributed by atoms with Gasteiger partial charge >= 0.3 is 5.97 Å². The van der Waals surface area contributed by atoms with E-state index in [0.717, 1.165) is 21.2 Å². The number of Topliss-reactive ketones (excluding diaryl/α,β-unsaturated/α-hetero) is 1. The predicted molar refractivity (Wildman–Crippen MR) is 143 cm³/mol. The third-order valence-electron chi connectivity index (χ3n) is 5.79. The molecule has 0 aliphatic heterocycles. The summed E-state index contributed by atoms with van der Waals surface area (Å²) >= 11 is 1.56. The first-order chi connectivity index (χ1) is 18.4. The van der Waals surface area contributed by atoms with Gasteiger partial charge in [0.25, 0.3) is 5.91 Å². The fourth-order valence-corrected chi connectivity index (χ4v) is 4.93. The number of benzene rings is 2. The number of nitrogens with one attached hydrogen (secondary N) is 1. The Morgan fingerprint density at radius 3 is 2.58 bits per heavy atom. The molecule has 9 nitrogen and oxygen atoms in total. The monoisotopic (exact) mass is 534 g/mol. The van der Waals surface area contributed by atoms with Crippen molar-refractivity contribution < 1.29 is 33.7 Å². The van der Waals surface area contributed by atoms with Gasteiger partial charge in [-0.05, 0) is 42.8 Å². The van der Waals surface area contributed by atoms with Gasteiger partial charge in [-0.2, -0.15) is 0 Å². The molecule has 0 aliphatic carbocycles. The summed E-state index contributed by atoms with van der Waals surface area (Å²) in [6.07, 6.45) is 0. The molecule has 0 spiro atoms. The maximum Gasteiger partial charge on any atom is 0.338 e. The van der Waals surface area contributed by atoms with Gasteiger partial charge < -0.3 is 24.6 Å². The van der Waals surface area contributed by atoms with Crippen molar-refractivity contribution in [2.75, 3.05) is 34.0 Å². The molecule has 1 amide bonds. The van der Waals surface area contributed by atoms with Crippen LogP contribution in [0.1, 0.15) is 36.8 Å². The lowest BCUT2D eigenvalue weighted by atomic mass is 10.0. The number of thiophene rings is 1. The Morgan fingerprint density at radius 2 is 1.84 bits per heavy atom. The highest BCUT2D eigenvalue weighted by Gasteiger charge is 2.19. The van der Waals surface area contributed by atoms with E-state index in [1.54, 1.807) is 23.5 Å². The number of rotatable bonds is 10. The molecule has 2 N–H and O–H groups in total. The van der Waals surface area contributed by atoms with Crippen LogP contribution in [-0.4, -0.2) is 61.7 Å². The number of pyridine rings is 1. The van der Waals surface area contributed by atoms with Crippen LogP contribution in [0.3, 0.4) is 0 Å². The van der Waals surface area contributed by atoms with Gasteiger partial charge in [0, 0.05) is 26.6 Å². The fraction of sp³-hybridized carbons (Fsp3) is 0.214. The van der Waals surface area contributed by atoms with E-state index in [2.05, 4.69) is 10.3 Å². The average Bonchev–Trinajstić information content (AvgIpc) is 3.39. The zero-order valence-corrected chi connectivity index (χ0v) is 21.9. The minimum absolute atomic E-state index is 0.0283.